The van der Waals surface area contributed by atoms with Crippen molar-refractivity contribution in [1.29, 1.82) is 0 Å². The Morgan fingerprint density at radius 1 is 1.28 bits per heavy atom. The molecule has 2 heterocycles. The fourth-order valence-electron chi connectivity index (χ4n) is 2.46. The van der Waals surface area contributed by atoms with Crippen molar-refractivity contribution in [3.05, 3.63) is 68.5 Å². The van der Waals surface area contributed by atoms with Crippen LogP contribution in [0.4, 0.5) is 5.82 Å². The molecule has 1 amide bonds. The summed E-state index contributed by atoms with van der Waals surface area (Å²) in [5.41, 5.74) is 4.96. The smallest absolute Gasteiger partial charge is 0.258 e. The lowest BCUT2D eigenvalue weighted by Gasteiger charge is -2.08. The van der Waals surface area contributed by atoms with Crippen molar-refractivity contribution in [3.8, 4) is 0 Å². The Morgan fingerprint density at radius 2 is 2.12 bits per heavy atom. The molecule has 7 heteroatoms. The molecule has 0 spiro atoms. The van der Waals surface area contributed by atoms with Gasteiger partial charge in [-0.15, -0.1) is 11.3 Å². The van der Waals surface area contributed by atoms with Crippen molar-refractivity contribution < 1.29 is 4.79 Å². The van der Waals surface area contributed by atoms with Crippen LogP contribution in [-0.2, 0) is 12.8 Å². The number of anilines is 1. The molecule has 25 heavy (non-hydrogen) atoms. The number of nitrogens with one attached hydrogen (secondary N) is 1. The van der Waals surface area contributed by atoms with Gasteiger partial charge in [0, 0.05) is 23.2 Å². The first-order valence-corrected chi connectivity index (χ1v) is 9.18. The first kappa shape index (κ1) is 17.5. The first-order valence-electron chi connectivity index (χ1n) is 7.86. The number of carbonyl (C=O) groups excluding carboxylic acids is 1. The Bertz CT molecular complexity index is 896. The van der Waals surface area contributed by atoms with Gasteiger partial charge in [-0.2, -0.15) is 0 Å². The minimum absolute atomic E-state index is 0.280. The summed E-state index contributed by atoms with van der Waals surface area (Å²) in [6, 6.07) is 7.38. The summed E-state index contributed by atoms with van der Waals surface area (Å²) in [5.74, 6) is 0.980. The minimum Gasteiger partial charge on any atom is -0.306 e. The van der Waals surface area contributed by atoms with E-state index in [1.807, 2.05) is 19.1 Å². The summed E-state index contributed by atoms with van der Waals surface area (Å²) < 4.78 is 0. The highest BCUT2D eigenvalue weighted by molar-refractivity contribution is 7.07. The lowest BCUT2D eigenvalue weighted by molar-refractivity contribution is 0.102. The molecule has 3 aromatic rings. The normalized spacial score (nSPS) is 10.7. The predicted octanol–water partition coefficient (Wildman–Crippen LogP) is 4.30. The lowest BCUT2D eigenvalue weighted by Crippen LogP contribution is -2.13. The third-order valence-corrected chi connectivity index (χ3v) is 4.54. The number of halogens is 1. The van der Waals surface area contributed by atoms with Crippen molar-refractivity contribution in [3.63, 3.8) is 0 Å². The van der Waals surface area contributed by atoms with Crippen molar-refractivity contribution >= 4 is 34.7 Å². The standard InChI is InChI=1S/C18H17ClN4OS/c1-3-13-6-11(2)21-16(22-13)8-12-4-5-15(19)14(7-12)18(24)23-17-9-25-10-20-17/h4-7,9-10H,3,8H2,1-2H3,(H,23,24). The molecule has 128 valence electrons. The molecule has 0 saturated heterocycles. The Balaban J connectivity index is 1.84. The van der Waals surface area contributed by atoms with Gasteiger partial charge in [-0.05, 0) is 37.1 Å². The second-order valence-corrected chi connectivity index (χ2v) is 6.72. The van der Waals surface area contributed by atoms with E-state index in [0.717, 1.165) is 29.2 Å². The molecule has 0 aliphatic carbocycles. The zero-order valence-electron chi connectivity index (χ0n) is 13.9. The number of aromatic nitrogens is 3. The maximum absolute atomic E-state index is 12.4. The van der Waals surface area contributed by atoms with Gasteiger partial charge < -0.3 is 5.32 Å². The van der Waals surface area contributed by atoms with Crippen LogP contribution in [-0.4, -0.2) is 20.9 Å². The van der Waals surface area contributed by atoms with Crippen LogP contribution >= 0.6 is 22.9 Å². The number of carbonyl (C=O) groups is 1. The lowest BCUT2D eigenvalue weighted by atomic mass is 10.1. The van der Waals surface area contributed by atoms with Crippen LogP contribution in [0.15, 0.2) is 35.2 Å². The molecular weight excluding hydrogens is 356 g/mol. The van der Waals surface area contributed by atoms with Gasteiger partial charge in [0.15, 0.2) is 0 Å². The zero-order chi connectivity index (χ0) is 17.8. The van der Waals surface area contributed by atoms with Gasteiger partial charge in [-0.25, -0.2) is 15.0 Å². The topological polar surface area (TPSA) is 67.8 Å². The van der Waals surface area contributed by atoms with Gasteiger partial charge in [0.05, 0.1) is 16.1 Å². The third-order valence-electron chi connectivity index (χ3n) is 3.63. The van der Waals surface area contributed by atoms with Crippen molar-refractivity contribution in [2.24, 2.45) is 0 Å². The summed E-state index contributed by atoms with van der Waals surface area (Å²) in [5, 5.41) is 4.91. The molecule has 0 atom stereocenters. The molecular formula is C18H17ClN4OS. The highest BCUT2D eigenvalue weighted by Crippen LogP contribution is 2.21. The van der Waals surface area contributed by atoms with Crippen LogP contribution in [0.5, 0.6) is 0 Å². The van der Waals surface area contributed by atoms with Gasteiger partial charge in [-0.1, -0.05) is 24.6 Å². The monoisotopic (exact) mass is 372 g/mol. The molecule has 0 saturated carbocycles. The number of aryl methyl sites for hydroxylation is 2. The Morgan fingerprint density at radius 3 is 2.84 bits per heavy atom. The summed E-state index contributed by atoms with van der Waals surface area (Å²) in [6.45, 7) is 4.02. The molecule has 1 aromatic carbocycles. The molecule has 2 aromatic heterocycles. The first-order chi connectivity index (χ1) is 12.0. The van der Waals surface area contributed by atoms with Crippen LogP contribution in [0.2, 0.25) is 5.02 Å². The SMILES string of the molecule is CCc1cc(C)nc(Cc2ccc(Cl)c(C(=O)Nc3cscn3)c2)n1. The van der Waals surface area contributed by atoms with Gasteiger partial charge >= 0.3 is 0 Å². The molecule has 0 aliphatic rings. The average molecular weight is 373 g/mol. The molecule has 1 N–H and O–H groups in total. The number of thiazole rings is 1. The highest BCUT2D eigenvalue weighted by Gasteiger charge is 2.13. The second-order valence-electron chi connectivity index (χ2n) is 5.59. The summed E-state index contributed by atoms with van der Waals surface area (Å²) >= 11 is 7.61. The quantitative estimate of drug-likeness (QED) is 0.725. The van der Waals surface area contributed by atoms with Gasteiger partial charge in [0.1, 0.15) is 11.6 Å². The highest BCUT2D eigenvalue weighted by atomic mass is 35.5. The Hall–Kier alpha value is -2.31. The molecule has 3 rings (SSSR count). The van der Waals surface area contributed by atoms with E-state index in [2.05, 4.69) is 27.2 Å². The summed E-state index contributed by atoms with van der Waals surface area (Å²) in [6.07, 6.45) is 1.40. The van der Waals surface area contributed by atoms with Crippen molar-refractivity contribution in [2.45, 2.75) is 26.7 Å². The van der Waals surface area contributed by atoms with E-state index in [4.69, 9.17) is 11.6 Å². The third kappa shape index (κ3) is 4.41. The summed E-state index contributed by atoms with van der Waals surface area (Å²) in [7, 11) is 0. The fourth-order valence-corrected chi connectivity index (χ4v) is 3.14. The predicted molar refractivity (Wildman–Crippen MR) is 100 cm³/mol. The zero-order valence-corrected chi connectivity index (χ0v) is 15.5. The molecule has 5 nitrogen and oxygen atoms in total. The average Bonchev–Trinajstić information content (AvgIpc) is 3.09. The van der Waals surface area contributed by atoms with Crippen LogP contribution < -0.4 is 5.32 Å². The van der Waals surface area contributed by atoms with Gasteiger partial charge in [0.25, 0.3) is 5.91 Å². The maximum Gasteiger partial charge on any atom is 0.258 e. The number of nitrogens with zero attached hydrogens (tertiary/aromatic N) is 3. The van der Waals surface area contributed by atoms with Gasteiger partial charge in [0.2, 0.25) is 0 Å². The van der Waals surface area contributed by atoms with Crippen LogP contribution in [0.25, 0.3) is 0 Å². The number of amides is 1. The van der Waals surface area contributed by atoms with E-state index >= 15 is 0 Å². The minimum atomic E-state index is -0.280. The van der Waals surface area contributed by atoms with Crippen molar-refractivity contribution in [1.82, 2.24) is 15.0 Å². The van der Waals surface area contributed by atoms with E-state index in [0.29, 0.717) is 22.8 Å². The van der Waals surface area contributed by atoms with E-state index < -0.39 is 0 Å². The van der Waals surface area contributed by atoms with E-state index in [9.17, 15) is 4.79 Å². The Kier molecular flexibility index (Phi) is 5.40. The maximum atomic E-state index is 12.4. The molecule has 0 radical (unpaired) electrons. The molecule has 0 unspecified atom stereocenters. The largest absolute Gasteiger partial charge is 0.306 e. The summed E-state index contributed by atoms with van der Waals surface area (Å²) in [4.78, 5) is 25.5. The van der Waals surface area contributed by atoms with Gasteiger partial charge in [-0.3, -0.25) is 4.79 Å². The molecule has 0 fully saturated rings. The number of hydrogen-bond acceptors (Lipinski definition) is 5. The number of rotatable bonds is 5. The molecule has 0 aliphatic heterocycles. The van der Waals surface area contributed by atoms with E-state index in [1.165, 1.54) is 11.3 Å². The second kappa shape index (κ2) is 7.72. The number of hydrogen-bond donors (Lipinski definition) is 1. The van der Waals surface area contributed by atoms with Crippen LogP contribution in [0.3, 0.4) is 0 Å². The molecule has 0 bridgehead atoms. The Labute approximate surface area is 155 Å². The van der Waals surface area contributed by atoms with E-state index in [1.54, 1.807) is 23.0 Å². The van der Waals surface area contributed by atoms with E-state index in [-0.39, 0.29) is 5.91 Å². The van der Waals surface area contributed by atoms with Crippen LogP contribution in [0.1, 0.15) is 40.1 Å². The number of benzene rings is 1. The van der Waals surface area contributed by atoms with Crippen molar-refractivity contribution in [2.75, 3.05) is 5.32 Å². The van der Waals surface area contributed by atoms with Crippen LogP contribution in [0, 0.1) is 6.92 Å². The fraction of sp³-hybridized carbons (Fsp3) is 0.222.